The number of carbonyl (C=O) groups is 1. The van der Waals surface area contributed by atoms with Crippen LogP contribution in [0.1, 0.15) is 33.6 Å². The zero-order valence-corrected chi connectivity index (χ0v) is 9.67. The maximum atomic E-state index is 11.6. The molecular formula is C11H20N2O2. The van der Waals surface area contributed by atoms with Crippen molar-refractivity contribution < 1.29 is 9.53 Å². The highest BCUT2D eigenvalue weighted by molar-refractivity contribution is 5.68. The normalized spacial score (nSPS) is 34.2. The number of amides is 1. The van der Waals surface area contributed by atoms with E-state index in [-0.39, 0.29) is 12.1 Å². The third-order valence-corrected chi connectivity index (χ3v) is 3.12. The number of hydrogen-bond donors (Lipinski definition) is 2. The van der Waals surface area contributed by atoms with Gasteiger partial charge in [0.05, 0.1) is 6.04 Å². The van der Waals surface area contributed by atoms with Gasteiger partial charge in [-0.25, -0.2) is 4.79 Å². The number of nitrogens with one attached hydrogen (secondary N) is 2. The second-order valence-electron chi connectivity index (χ2n) is 5.52. The molecule has 86 valence electrons. The first-order valence-electron chi connectivity index (χ1n) is 5.68. The Morgan fingerprint density at radius 2 is 2.13 bits per heavy atom. The fraction of sp³-hybridized carbons (Fsp3) is 0.909. The Hall–Kier alpha value is -0.770. The van der Waals surface area contributed by atoms with Gasteiger partial charge in [-0.2, -0.15) is 0 Å². The van der Waals surface area contributed by atoms with E-state index in [0.717, 1.165) is 6.54 Å². The number of carbonyl (C=O) groups excluding carboxylic acids is 1. The van der Waals surface area contributed by atoms with Crippen molar-refractivity contribution in [2.24, 2.45) is 5.92 Å². The van der Waals surface area contributed by atoms with E-state index in [9.17, 15) is 4.79 Å². The van der Waals surface area contributed by atoms with E-state index in [2.05, 4.69) is 10.6 Å². The van der Waals surface area contributed by atoms with Gasteiger partial charge in [0.25, 0.3) is 0 Å². The summed E-state index contributed by atoms with van der Waals surface area (Å²) in [4.78, 5) is 11.6. The second-order valence-corrected chi connectivity index (χ2v) is 5.52. The third-order valence-electron chi connectivity index (χ3n) is 3.12. The lowest BCUT2D eigenvalue weighted by Gasteiger charge is -2.23. The van der Waals surface area contributed by atoms with Gasteiger partial charge in [-0.15, -0.1) is 0 Å². The lowest BCUT2D eigenvalue weighted by atomic mass is 10.1. The molecule has 1 aliphatic carbocycles. The predicted molar refractivity (Wildman–Crippen MR) is 57.7 cm³/mol. The van der Waals surface area contributed by atoms with E-state index in [0.29, 0.717) is 12.0 Å². The monoisotopic (exact) mass is 212 g/mol. The summed E-state index contributed by atoms with van der Waals surface area (Å²) in [7, 11) is 0. The van der Waals surface area contributed by atoms with Gasteiger partial charge in [-0.3, -0.25) is 0 Å². The van der Waals surface area contributed by atoms with Crippen LogP contribution in [0, 0.1) is 5.92 Å². The molecule has 0 aromatic heterocycles. The first-order valence-corrected chi connectivity index (χ1v) is 5.68. The smallest absolute Gasteiger partial charge is 0.407 e. The van der Waals surface area contributed by atoms with Crippen molar-refractivity contribution >= 4 is 6.09 Å². The van der Waals surface area contributed by atoms with Crippen LogP contribution in [-0.2, 0) is 4.74 Å². The quantitative estimate of drug-likeness (QED) is 0.688. The van der Waals surface area contributed by atoms with Gasteiger partial charge in [-0.1, -0.05) is 0 Å². The molecule has 2 bridgehead atoms. The molecule has 1 aliphatic heterocycles. The van der Waals surface area contributed by atoms with Crippen molar-refractivity contribution in [1.29, 1.82) is 0 Å². The molecular weight excluding hydrogens is 192 g/mol. The highest BCUT2D eigenvalue weighted by atomic mass is 16.6. The fourth-order valence-electron chi connectivity index (χ4n) is 2.50. The van der Waals surface area contributed by atoms with Gasteiger partial charge >= 0.3 is 6.09 Å². The van der Waals surface area contributed by atoms with E-state index in [1.54, 1.807) is 0 Å². The summed E-state index contributed by atoms with van der Waals surface area (Å²) in [6, 6.07) is 0.738. The molecule has 2 fully saturated rings. The van der Waals surface area contributed by atoms with Crippen molar-refractivity contribution in [3.63, 3.8) is 0 Å². The van der Waals surface area contributed by atoms with Crippen molar-refractivity contribution in [2.45, 2.75) is 51.3 Å². The number of alkyl carbamates (subject to hydrolysis) is 1. The minimum absolute atomic E-state index is 0.278. The highest BCUT2D eigenvalue weighted by Gasteiger charge is 2.42. The molecule has 0 aromatic rings. The molecule has 0 unspecified atom stereocenters. The SMILES string of the molecule is CC(C)(C)OC(=O)N[C@H]1[C@H]2CC[C@@H]1NC2. The van der Waals surface area contributed by atoms with Gasteiger partial charge < -0.3 is 15.4 Å². The zero-order chi connectivity index (χ0) is 11.1. The van der Waals surface area contributed by atoms with Crippen molar-refractivity contribution in [2.75, 3.05) is 6.54 Å². The summed E-state index contributed by atoms with van der Waals surface area (Å²) in [5.74, 6) is 0.600. The van der Waals surface area contributed by atoms with Gasteiger partial charge in [0, 0.05) is 12.6 Å². The summed E-state index contributed by atoms with van der Waals surface area (Å²) < 4.78 is 5.25. The predicted octanol–water partition coefficient (Wildman–Crippen LogP) is 1.26. The molecule has 0 radical (unpaired) electrons. The molecule has 1 saturated carbocycles. The van der Waals surface area contributed by atoms with Crippen LogP contribution < -0.4 is 10.6 Å². The second kappa shape index (κ2) is 3.67. The molecule has 2 rings (SSSR count). The Balaban J connectivity index is 1.85. The number of hydrogen-bond acceptors (Lipinski definition) is 3. The molecule has 2 N–H and O–H groups in total. The standard InChI is InChI=1S/C11H20N2O2/c1-11(2,3)15-10(14)13-9-7-4-5-8(9)12-6-7/h7-9,12H,4-6H2,1-3H3,(H,13,14)/t7-,8-,9-/m0/s1. The summed E-state index contributed by atoms with van der Waals surface area (Å²) in [5, 5.41) is 6.38. The molecule has 4 heteroatoms. The maximum Gasteiger partial charge on any atom is 0.407 e. The van der Waals surface area contributed by atoms with E-state index >= 15 is 0 Å². The van der Waals surface area contributed by atoms with E-state index < -0.39 is 5.60 Å². The van der Waals surface area contributed by atoms with Gasteiger partial charge in [0.1, 0.15) is 5.60 Å². The fourth-order valence-corrected chi connectivity index (χ4v) is 2.50. The average molecular weight is 212 g/mol. The van der Waals surface area contributed by atoms with Crippen molar-refractivity contribution in [1.82, 2.24) is 10.6 Å². The van der Waals surface area contributed by atoms with E-state index in [1.165, 1.54) is 12.8 Å². The maximum absolute atomic E-state index is 11.6. The molecule has 4 nitrogen and oxygen atoms in total. The largest absolute Gasteiger partial charge is 0.444 e. The Labute approximate surface area is 90.8 Å². The molecule has 1 saturated heterocycles. The van der Waals surface area contributed by atoms with Crippen LogP contribution in [0.15, 0.2) is 0 Å². The minimum atomic E-state index is -0.408. The summed E-state index contributed by atoms with van der Waals surface area (Å²) >= 11 is 0. The molecule has 0 aromatic carbocycles. The molecule has 3 atom stereocenters. The van der Waals surface area contributed by atoms with Crippen LogP contribution in [-0.4, -0.2) is 30.3 Å². The van der Waals surface area contributed by atoms with Crippen LogP contribution in [0.2, 0.25) is 0 Å². The molecule has 1 heterocycles. The van der Waals surface area contributed by atoms with E-state index in [4.69, 9.17) is 4.74 Å². The Kier molecular flexibility index (Phi) is 2.63. The molecule has 2 aliphatic rings. The van der Waals surface area contributed by atoms with Crippen molar-refractivity contribution in [3.8, 4) is 0 Å². The van der Waals surface area contributed by atoms with Crippen LogP contribution in [0.5, 0.6) is 0 Å². The number of ether oxygens (including phenoxy) is 1. The van der Waals surface area contributed by atoms with Gasteiger partial charge in [0.15, 0.2) is 0 Å². The average Bonchev–Trinajstić information content (AvgIpc) is 2.61. The molecule has 15 heavy (non-hydrogen) atoms. The van der Waals surface area contributed by atoms with Crippen LogP contribution >= 0.6 is 0 Å². The lowest BCUT2D eigenvalue weighted by Crippen LogP contribution is -2.44. The lowest BCUT2D eigenvalue weighted by molar-refractivity contribution is 0.0497. The molecule has 0 spiro atoms. The van der Waals surface area contributed by atoms with Crippen molar-refractivity contribution in [3.05, 3.63) is 0 Å². The Morgan fingerprint density at radius 1 is 1.40 bits per heavy atom. The van der Waals surface area contributed by atoms with E-state index in [1.807, 2.05) is 20.8 Å². The Bertz CT molecular complexity index is 240. The first kappa shape index (κ1) is 10.7. The van der Waals surface area contributed by atoms with Gasteiger partial charge in [0.2, 0.25) is 0 Å². The van der Waals surface area contributed by atoms with Gasteiger partial charge in [-0.05, 0) is 39.5 Å². The number of rotatable bonds is 1. The van der Waals surface area contributed by atoms with Crippen LogP contribution in [0.3, 0.4) is 0 Å². The number of piperidine rings is 1. The Morgan fingerprint density at radius 3 is 2.53 bits per heavy atom. The van der Waals surface area contributed by atoms with Crippen LogP contribution in [0.25, 0.3) is 0 Å². The zero-order valence-electron chi connectivity index (χ0n) is 9.67. The molecule has 1 amide bonds. The summed E-state index contributed by atoms with van der Waals surface area (Å²) in [5.41, 5.74) is -0.408. The summed E-state index contributed by atoms with van der Waals surface area (Å²) in [6.07, 6.45) is 2.11. The minimum Gasteiger partial charge on any atom is -0.444 e. The van der Waals surface area contributed by atoms with Crippen LogP contribution in [0.4, 0.5) is 4.79 Å². The topological polar surface area (TPSA) is 50.4 Å². The first-order chi connectivity index (χ1) is 6.96. The highest BCUT2D eigenvalue weighted by Crippen LogP contribution is 2.31. The third kappa shape index (κ3) is 2.43. The summed E-state index contributed by atoms with van der Waals surface area (Å²) in [6.45, 7) is 6.68. The number of fused-ring (bicyclic) bond motifs is 2.